The smallest absolute Gasteiger partial charge is 0.216 e. The van der Waals surface area contributed by atoms with Crippen LogP contribution < -0.4 is 15.5 Å². The van der Waals surface area contributed by atoms with E-state index in [2.05, 4.69) is 10.6 Å². The van der Waals surface area contributed by atoms with Crippen molar-refractivity contribution < 1.29 is 19.0 Å². The lowest BCUT2D eigenvalue weighted by atomic mass is 10.2. The number of carbonyl (C=O) groups excluding carboxylic acids is 1. The van der Waals surface area contributed by atoms with Crippen molar-refractivity contribution in [1.29, 1.82) is 0 Å². The number of benzene rings is 1. The Balaban J connectivity index is 1.87. The van der Waals surface area contributed by atoms with Crippen LogP contribution in [0.4, 0.5) is 15.8 Å². The Kier molecular flexibility index (Phi) is 5.97. The summed E-state index contributed by atoms with van der Waals surface area (Å²) in [5.41, 5.74) is 1.16. The molecule has 1 aliphatic rings. The van der Waals surface area contributed by atoms with Gasteiger partial charge in [0.15, 0.2) is 0 Å². The molecule has 0 radical (unpaired) electrons. The van der Waals surface area contributed by atoms with Crippen molar-refractivity contribution in [3.63, 3.8) is 0 Å². The average molecular weight is 311 g/mol. The molecule has 1 aromatic rings. The normalized spacial score (nSPS) is 16.2. The van der Waals surface area contributed by atoms with Gasteiger partial charge in [0.25, 0.3) is 0 Å². The highest BCUT2D eigenvalue weighted by molar-refractivity contribution is 5.72. The zero-order chi connectivity index (χ0) is 15.9. The first-order valence-electron chi connectivity index (χ1n) is 7.35. The maximum Gasteiger partial charge on any atom is 0.216 e. The molecule has 0 unspecified atom stereocenters. The van der Waals surface area contributed by atoms with Crippen molar-refractivity contribution in [1.82, 2.24) is 5.32 Å². The van der Waals surface area contributed by atoms with Gasteiger partial charge in [0.2, 0.25) is 5.91 Å². The lowest BCUT2D eigenvalue weighted by Crippen LogP contribution is -2.36. The average Bonchev–Trinajstić information content (AvgIpc) is 2.52. The lowest BCUT2D eigenvalue weighted by Gasteiger charge is -2.29. The van der Waals surface area contributed by atoms with Gasteiger partial charge in [0.05, 0.1) is 25.0 Å². The number of hydrogen-bond donors (Lipinski definition) is 3. The van der Waals surface area contributed by atoms with Crippen molar-refractivity contribution in [2.24, 2.45) is 0 Å². The van der Waals surface area contributed by atoms with Crippen molar-refractivity contribution in [3.05, 3.63) is 24.0 Å². The molecule has 122 valence electrons. The summed E-state index contributed by atoms with van der Waals surface area (Å²) >= 11 is 0. The molecule has 1 aromatic carbocycles. The van der Waals surface area contributed by atoms with E-state index in [0.29, 0.717) is 37.7 Å². The lowest BCUT2D eigenvalue weighted by molar-refractivity contribution is -0.119. The Morgan fingerprint density at radius 3 is 2.77 bits per heavy atom. The standard InChI is InChI=1S/C15H22FN3O3/c1-11(20)17-9-13(21)10-18-12-2-3-15(14(16)8-12)19-4-6-22-7-5-19/h2-3,8,13,18,21H,4-7,9-10H2,1H3,(H,17,20)/t13-/m1/s1. The Morgan fingerprint density at radius 2 is 2.14 bits per heavy atom. The molecule has 0 aromatic heterocycles. The minimum Gasteiger partial charge on any atom is -0.389 e. The number of carbonyl (C=O) groups is 1. The Hall–Kier alpha value is -1.86. The molecule has 0 bridgehead atoms. The minimum absolute atomic E-state index is 0.163. The quantitative estimate of drug-likeness (QED) is 0.716. The van der Waals surface area contributed by atoms with Crippen LogP contribution in [0.25, 0.3) is 0 Å². The number of rotatable bonds is 6. The first-order valence-corrected chi connectivity index (χ1v) is 7.35. The Labute approximate surface area is 129 Å². The zero-order valence-corrected chi connectivity index (χ0v) is 12.6. The fraction of sp³-hybridized carbons (Fsp3) is 0.533. The van der Waals surface area contributed by atoms with Crippen LogP contribution in [0.1, 0.15) is 6.92 Å². The molecule has 6 nitrogen and oxygen atoms in total. The third-order valence-electron chi connectivity index (χ3n) is 3.43. The fourth-order valence-electron chi connectivity index (χ4n) is 2.25. The van der Waals surface area contributed by atoms with Crippen LogP contribution in [0.15, 0.2) is 18.2 Å². The van der Waals surface area contributed by atoms with E-state index in [1.165, 1.54) is 13.0 Å². The van der Waals surface area contributed by atoms with Gasteiger partial charge in [-0.15, -0.1) is 0 Å². The summed E-state index contributed by atoms with van der Waals surface area (Å²) in [6.45, 7) is 4.36. The number of halogens is 1. The molecule has 3 N–H and O–H groups in total. The minimum atomic E-state index is -0.731. The second-order valence-corrected chi connectivity index (χ2v) is 5.24. The van der Waals surface area contributed by atoms with Gasteiger partial charge in [-0.25, -0.2) is 4.39 Å². The number of ether oxygens (including phenoxy) is 1. The van der Waals surface area contributed by atoms with Crippen LogP contribution in [0, 0.1) is 5.82 Å². The summed E-state index contributed by atoms with van der Waals surface area (Å²) in [5.74, 6) is -0.497. The van der Waals surface area contributed by atoms with Crippen LogP contribution in [0.3, 0.4) is 0 Å². The highest BCUT2D eigenvalue weighted by Crippen LogP contribution is 2.23. The van der Waals surface area contributed by atoms with Crippen molar-refractivity contribution >= 4 is 17.3 Å². The number of nitrogens with one attached hydrogen (secondary N) is 2. The van der Waals surface area contributed by atoms with E-state index in [0.717, 1.165) is 0 Å². The van der Waals surface area contributed by atoms with Gasteiger partial charge in [-0.3, -0.25) is 4.79 Å². The van der Waals surface area contributed by atoms with Crippen LogP contribution in [-0.2, 0) is 9.53 Å². The summed E-state index contributed by atoms with van der Waals surface area (Å²) in [6.07, 6.45) is -0.731. The Bertz CT molecular complexity index is 507. The second-order valence-electron chi connectivity index (χ2n) is 5.24. The van der Waals surface area contributed by atoms with Gasteiger partial charge in [-0.05, 0) is 18.2 Å². The summed E-state index contributed by atoms with van der Waals surface area (Å²) < 4.78 is 19.4. The first kappa shape index (κ1) is 16.5. The van der Waals surface area contributed by atoms with Gasteiger partial charge in [-0.1, -0.05) is 0 Å². The predicted molar refractivity (Wildman–Crippen MR) is 82.6 cm³/mol. The van der Waals surface area contributed by atoms with E-state index in [9.17, 15) is 14.3 Å². The molecule has 1 fully saturated rings. The largest absolute Gasteiger partial charge is 0.389 e. The number of amides is 1. The van der Waals surface area contributed by atoms with E-state index < -0.39 is 6.10 Å². The number of aliphatic hydroxyl groups excluding tert-OH is 1. The molecule has 0 saturated carbocycles. The monoisotopic (exact) mass is 311 g/mol. The van der Waals surface area contributed by atoms with E-state index in [1.54, 1.807) is 12.1 Å². The van der Waals surface area contributed by atoms with E-state index >= 15 is 0 Å². The molecular weight excluding hydrogens is 289 g/mol. The predicted octanol–water partition coefficient (Wildman–Crippen LogP) is 0.571. The van der Waals surface area contributed by atoms with Crippen LogP contribution >= 0.6 is 0 Å². The van der Waals surface area contributed by atoms with Gasteiger partial charge in [0.1, 0.15) is 5.82 Å². The zero-order valence-electron chi connectivity index (χ0n) is 12.6. The number of anilines is 2. The Morgan fingerprint density at radius 1 is 1.41 bits per heavy atom. The molecule has 1 atom stereocenters. The van der Waals surface area contributed by atoms with E-state index in [1.807, 2.05) is 4.90 Å². The maximum atomic E-state index is 14.2. The van der Waals surface area contributed by atoms with Crippen LogP contribution in [0.2, 0.25) is 0 Å². The molecule has 22 heavy (non-hydrogen) atoms. The van der Waals surface area contributed by atoms with Gasteiger partial charge < -0.3 is 25.4 Å². The van der Waals surface area contributed by atoms with Crippen molar-refractivity contribution in [2.75, 3.05) is 49.6 Å². The topological polar surface area (TPSA) is 73.8 Å². The summed E-state index contributed by atoms with van der Waals surface area (Å²) in [5, 5.41) is 15.2. The number of aliphatic hydroxyl groups is 1. The summed E-state index contributed by atoms with van der Waals surface area (Å²) in [6, 6.07) is 4.91. The third kappa shape index (κ3) is 4.85. The first-order chi connectivity index (χ1) is 10.6. The molecule has 1 saturated heterocycles. The fourth-order valence-corrected chi connectivity index (χ4v) is 2.25. The van der Waals surface area contributed by atoms with E-state index in [4.69, 9.17) is 4.74 Å². The highest BCUT2D eigenvalue weighted by atomic mass is 19.1. The van der Waals surface area contributed by atoms with Crippen molar-refractivity contribution in [2.45, 2.75) is 13.0 Å². The van der Waals surface area contributed by atoms with Gasteiger partial charge >= 0.3 is 0 Å². The van der Waals surface area contributed by atoms with Gasteiger partial charge in [-0.2, -0.15) is 0 Å². The molecule has 1 heterocycles. The molecule has 0 aliphatic carbocycles. The number of nitrogens with zero attached hydrogens (tertiary/aromatic N) is 1. The maximum absolute atomic E-state index is 14.2. The van der Waals surface area contributed by atoms with Crippen molar-refractivity contribution in [3.8, 4) is 0 Å². The summed E-state index contributed by atoms with van der Waals surface area (Å²) in [4.78, 5) is 12.7. The second kappa shape index (κ2) is 7.95. The number of morpholine rings is 1. The third-order valence-corrected chi connectivity index (χ3v) is 3.43. The molecular formula is C15H22FN3O3. The molecule has 2 rings (SSSR count). The molecule has 1 aliphatic heterocycles. The highest BCUT2D eigenvalue weighted by Gasteiger charge is 2.15. The molecule has 0 spiro atoms. The molecule has 7 heteroatoms. The van der Waals surface area contributed by atoms with E-state index in [-0.39, 0.29) is 24.8 Å². The summed E-state index contributed by atoms with van der Waals surface area (Å²) in [7, 11) is 0. The number of hydrogen-bond acceptors (Lipinski definition) is 5. The SMILES string of the molecule is CC(=O)NC[C@@H](O)CNc1ccc(N2CCOCC2)c(F)c1. The molecule has 1 amide bonds. The van der Waals surface area contributed by atoms with Crippen LogP contribution in [-0.4, -0.2) is 56.5 Å². The van der Waals surface area contributed by atoms with Gasteiger partial charge in [0, 0.05) is 38.8 Å². The van der Waals surface area contributed by atoms with Crippen LogP contribution in [0.5, 0.6) is 0 Å².